The van der Waals surface area contributed by atoms with Gasteiger partial charge in [-0.15, -0.1) is 0 Å². The van der Waals surface area contributed by atoms with E-state index in [0.717, 1.165) is 0 Å². The number of morpholine rings is 1. The van der Waals surface area contributed by atoms with Crippen LogP contribution in [0.25, 0.3) is 0 Å². The molecule has 1 fully saturated rings. The van der Waals surface area contributed by atoms with Gasteiger partial charge >= 0.3 is 0 Å². The Hall–Kier alpha value is -2.39. The average Bonchev–Trinajstić information content (AvgIpc) is 2.50. The fourth-order valence-electron chi connectivity index (χ4n) is 2.07. The zero-order valence-corrected chi connectivity index (χ0v) is 11.7. The number of amides is 2. The standard InChI is InChI=1S/C15H17N3O3/c16-10-12-3-5-13(6-4-12)17-14(19)2-1-7-18-8-9-21-11-15(18)20/h3-6H,1-2,7-9,11H2,(H,17,19). The van der Waals surface area contributed by atoms with Gasteiger partial charge in [-0.05, 0) is 30.7 Å². The highest BCUT2D eigenvalue weighted by Crippen LogP contribution is 2.10. The largest absolute Gasteiger partial charge is 0.370 e. The van der Waals surface area contributed by atoms with Gasteiger partial charge in [0, 0.05) is 25.2 Å². The Morgan fingerprint density at radius 2 is 2.14 bits per heavy atom. The number of nitriles is 1. The molecule has 110 valence electrons. The minimum atomic E-state index is -0.0968. The first-order valence-electron chi connectivity index (χ1n) is 6.84. The van der Waals surface area contributed by atoms with Crippen molar-refractivity contribution in [3.8, 4) is 6.07 Å². The van der Waals surface area contributed by atoms with E-state index in [4.69, 9.17) is 10.00 Å². The summed E-state index contributed by atoms with van der Waals surface area (Å²) in [5, 5.41) is 11.5. The molecule has 1 N–H and O–H groups in total. The second-order valence-corrected chi connectivity index (χ2v) is 4.77. The molecule has 2 rings (SSSR count). The maximum atomic E-state index is 11.8. The number of hydrogen-bond acceptors (Lipinski definition) is 4. The van der Waals surface area contributed by atoms with Crippen molar-refractivity contribution in [2.75, 3.05) is 31.6 Å². The van der Waals surface area contributed by atoms with Crippen LogP contribution >= 0.6 is 0 Å². The molecule has 0 aromatic heterocycles. The molecular formula is C15H17N3O3. The van der Waals surface area contributed by atoms with E-state index in [0.29, 0.717) is 43.8 Å². The predicted octanol–water partition coefficient (Wildman–Crippen LogP) is 1.14. The van der Waals surface area contributed by atoms with E-state index in [2.05, 4.69) is 5.32 Å². The molecule has 0 atom stereocenters. The van der Waals surface area contributed by atoms with Crippen LogP contribution in [0.3, 0.4) is 0 Å². The lowest BCUT2D eigenvalue weighted by Crippen LogP contribution is -2.42. The van der Waals surface area contributed by atoms with Crippen molar-refractivity contribution in [1.82, 2.24) is 4.90 Å². The topological polar surface area (TPSA) is 82.4 Å². The minimum absolute atomic E-state index is 0.0197. The first-order valence-corrected chi connectivity index (χ1v) is 6.84. The molecule has 0 saturated carbocycles. The average molecular weight is 287 g/mol. The summed E-state index contributed by atoms with van der Waals surface area (Å²) in [4.78, 5) is 25.0. The maximum absolute atomic E-state index is 11.8. The van der Waals surface area contributed by atoms with Gasteiger partial charge in [0.25, 0.3) is 0 Å². The number of hydrogen-bond donors (Lipinski definition) is 1. The van der Waals surface area contributed by atoms with Crippen molar-refractivity contribution in [3.05, 3.63) is 29.8 Å². The predicted molar refractivity (Wildman–Crippen MR) is 76.4 cm³/mol. The summed E-state index contributed by atoms with van der Waals surface area (Å²) >= 11 is 0. The third-order valence-electron chi connectivity index (χ3n) is 3.21. The highest BCUT2D eigenvalue weighted by Gasteiger charge is 2.18. The second kappa shape index (κ2) is 7.41. The van der Waals surface area contributed by atoms with Gasteiger partial charge in [0.2, 0.25) is 11.8 Å². The quantitative estimate of drug-likeness (QED) is 0.880. The Morgan fingerprint density at radius 1 is 1.38 bits per heavy atom. The first-order chi connectivity index (χ1) is 10.2. The first kappa shape index (κ1) is 15.0. The van der Waals surface area contributed by atoms with Crippen molar-refractivity contribution >= 4 is 17.5 Å². The van der Waals surface area contributed by atoms with Crippen LogP contribution in [0.1, 0.15) is 18.4 Å². The summed E-state index contributed by atoms with van der Waals surface area (Å²) in [6.07, 6.45) is 0.971. The summed E-state index contributed by atoms with van der Waals surface area (Å²) in [7, 11) is 0. The minimum Gasteiger partial charge on any atom is -0.370 e. The highest BCUT2D eigenvalue weighted by molar-refractivity contribution is 5.90. The van der Waals surface area contributed by atoms with Crippen LogP contribution in [0.5, 0.6) is 0 Å². The molecule has 0 radical (unpaired) electrons. The number of carbonyl (C=O) groups is 2. The van der Waals surface area contributed by atoms with E-state index in [1.54, 1.807) is 29.2 Å². The molecule has 21 heavy (non-hydrogen) atoms. The molecule has 0 unspecified atom stereocenters. The Morgan fingerprint density at radius 3 is 2.81 bits per heavy atom. The van der Waals surface area contributed by atoms with Gasteiger partial charge in [0.05, 0.1) is 18.2 Å². The van der Waals surface area contributed by atoms with Crippen LogP contribution in [0.2, 0.25) is 0 Å². The normalized spacial score (nSPS) is 14.6. The Kier molecular flexibility index (Phi) is 5.29. The van der Waals surface area contributed by atoms with Crippen molar-refractivity contribution in [1.29, 1.82) is 5.26 Å². The lowest BCUT2D eigenvalue weighted by Gasteiger charge is -2.26. The third-order valence-corrected chi connectivity index (χ3v) is 3.21. The van der Waals surface area contributed by atoms with Crippen molar-refractivity contribution in [2.45, 2.75) is 12.8 Å². The molecule has 1 aliphatic rings. The van der Waals surface area contributed by atoms with Crippen LogP contribution in [-0.2, 0) is 14.3 Å². The van der Waals surface area contributed by atoms with Crippen LogP contribution in [0, 0.1) is 11.3 Å². The monoisotopic (exact) mass is 287 g/mol. The molecule has 1 heterocycles. The van der Waals surface area contributed by atoms with E-state index in [9.17, 15) is 9.59 Å². The van der Waals surface area contributed by atoms with E-state index >= 15 is 0 Å². The van der Waals surface area contributed by atoms with Crippen LogP contribution in [-0.4, -0.2) is 43.0 Å². The molecule has 6 nitrogen and oxygen atoms in total. The molecule has 1 aromatic rings. The van der Waals surface area contributed by atoms with Gasteiger partial charge in [-0.25, -0.2) is 0 Å². The van der Waals surface area contributed by atoms with Gasteiger partial charge in [-0.3, -0.25) is 9.59 Å². The number of nitrogens with zero attached hydrogens (tertiary/aromatic N) is 2. The molecule has 1 aromatic carbocycles. The smallest absolute Gasteiger partial charge is 0.248 e. The summed E-state index contributed by atoms with van der Waals surface area (Å²) in [6.45, 7) is 1.86. The van der Waals surface area contributed by atoms with Gasteiger partial charge in [-0.1, -0.05) is 0 Å². The number of anilines is 1. The molecule has 0 aliphatic carbocycles. The van der Waals surface area contributed by atoms with E-state index < -0.39 is 0 Å². The van der Waals surface area contributed by atoms with Crippen molar-refractivity contribution in [3.63, 3.8) is 0 Å². The van der Waals surface area contributed by atoms with E-state index in [1.165, 1.54) is 0 Å². The van der Waals surface area contributed by atoms with Crippen molar-refractivity contribution < 1.29 is 14.3 Å². The van der Waals surface area contributed by atoms with Crippen LogP contribution in [0.15, 0.2) is 24.3 Å². The molecule has 2 amide bonds. The fraction of sp³-hybridized carbons (Fsp3) is 0.400. The van der Waals surface area contributed by atoms with E-state index in [-0.39, 0.29) is 18.4 Å². The number of nitrogens with one attached hydrogen (secondary N) is 1. The van der Waals surface area contributed by atoms with E-state index in [1.807, 2.05) is 6.07 Å². The third kappa shape index (κ3) is 4.58. The number of rotatable bonds is 5. The molecule has 1 aliphatic heterocycles. The molecule has 1 saturated heterocycles. The summed E-state index contributed by atoms with van der Waals surface area (Å²) in [6, 6.07) is 8.72. The zero-order valence-electron chi connectivity index (χ0n) is 11.7. The molecule has 0 spiro atoms. The Balaban J connectivity index is 1.71. The lowest BCUT2D eigenvalue weighted by atomic mass is 10.2. The Labute approximate surface area is 123 Å². The second-order valence-electron chi connectivity index (χ2n) is 4.77. The zero-order chi connectivity index (χ0) is 15.1. The van der Waals surface area contributed by atoms with Crippen LogP contribution in [0.4, 0.5) is 5.69 Å². The Bertz CT molecular complexity index is 548. The van der Waals surface area contributed by atoms with Crippen molar-refractivity contribution in [2.24, 2.45) is 0 Å². The number of ether oxygens (including phenoxy) is 1. The van der Waals surface area contributed by atoms with Gasteiger partial charge in [0.1, 0.15) is 6.61 Å². The lowest BCUT2D eigenvalue weighted by molar-refractivity contribution is -0.142. The maximum Gasteiger partial charge on any atom is 0.248 e. The number of benzene rings is 1. The van der Waals surface area contributed by atoms with Gasteiger partial charge in [0.15, 0.2) is 0 Å². The fourth-order valence-corrected chi connectivity index (χ4v) is 2.07. The summed E-state index contributed by atoms with van der Waals surface area (Å²) in [5.41, 5.74) is 1.22. The van der Waals surface area contributed by atoms with Gasteiger partial charge in [-0.2, -0.15) is 5.26 Å². The molecule has 0 bridgehead atoms. The van der Waals surface area contributed by atoms with Gasteiger partial charge < -0.3 is 15.0 Å². The SMILES string of the molecule is N#Cc1ccc(NC(=O)CCCN2CCOCC2=O)cc1. The van der Waals surface area contributed by atoms with Crippen LogP contribution < -0.4 is 5.32 Å². The molecule has 6 heteroatoms. The summed E-state index contributed by atoms with van der Waals surface area (Å²) < 4.78 is 5.04. The highest BCUT2D eigenvalue weighted by atomic mass is 16.5. The molecular weight excluding hydrogens is 270 g/mol. The number of carbonyl (C=O) groups excluding carboxylic acids is 2. The summed E-state index contributed by atoms with van der Waals surface area (Å²) in [5.74, 6) is -0.117.